The first-order valence-electron chi connectivity index (χ1n) is 8.58. The van der Waals surface area contributed by atoms with Gasteiger partial charge >= 0.3 is 0 Å². The molecule has 0 spiro atoms. The first-order chi connectivity index (χ1) is 11.2. The van der Waals surface area contributed by atoms with Crippen LogP contribution >= 0.6 is 0 Å². The lowest BCUT2D eigenvalue weighted by Crippen LogP contribution is -2.46. The van der Waals surface area contributed by atoms with E-state index in [-0.39, 0.29) is 17.7 Å². The number of carbonyl (C=O) groups excluding carboxylic acids is 2. The van der Waals surface area contributed by atoms with Crippen molar-refractivity contribution in [1.82, 2.24) is 10.2 Å². The summed E-state index contributed by atoms with van der Waals surface area (Å²) in [7, 11) is 0. The maximum atomic E-state index is 12.8. The fraction of sp³-hybridized carbons (Fsp3) is 0.556. The highest BCUT2D eigenvalue weighted by Gasteiger charge is 2.29. The van der Waals surface area contributed by atoms with E-state index in [0.29, 0.717) is 19.6 Å². The quantitative estimate of drug-likeness (QED) is 0.874. The van der Waals surface area contributed by atoms with Crippen LogP contribution in [0.25, 0.3) is 0 Å². The Morgan fingerprint density at radius 1 is 1.22 bits per heavy atom. The van der Waals surface area contributed by atoms with Crippen LogP contribution in [-0.4, -0.2) is 42.9 Å². The third kappa shape index (κ3) is 3.55. The molecule has 5 nitrogen and oxygen atoms in total. The molecule has 3 N–H and O–H groups in total. The molecule has 2 aliphatic rings. The molecule has 1 aliphatic heterocycles. The molecule has 5 heteroatoms. The summed E-state index contributed by atoms with van der Waals surface area (Å²) < 4.78 is 0. The van der Waals surface area contributed by atoms with Crippen LogP contribution in [0.4, 0.5) is 0 Å². The van der Waals surface area contributed by atoms with Gasteiger partial charge < -0.3 is 16.0 Å². The summed E-state index contributed by atoms with van der Waals surface area (Å²) in [6, 6.07) is 6.07. The van der Waals surface area contributed by atoms with Gasteiger partial charge in [0.25, 0.3) is 5.91 Å². The van der Waals surface area contributed by atoms with E-state index in [2.05, 4.69) is 11.4 Å². The van der Waals surface area contributed by atoms with Crippen molar-refractivity contribution >= 4 is 11.8 Å². The number of nitrogens with one attached hydrogen (secondary N) is 1. The average molecular weight is 315 g/mol. The minimum atomic E-state index is -0.117. The minimum Gasteiger partial charge on any atom is -0.355 e. The highest BCUT2D eigenvalue weighted by Crippen LogP contribution is 2.25. The largest absolute Gasteiger partial charge is 0.355 e. The van der Waals surface area contributed by atoms with Gasteiger partial charge in [0.15, 0.2) is 0 Å². The molecule has 1 atom stereocenters. The van der Waals surface area contributed by atoms with E-state index in [4.69, 9.17) is 5.73 Å². The standard InChI is InChI=1S/C18H25N3O2/c19-8-9-20-17(22)16-5-2-10-21(12-16)18(23)15-7-6-13-3-1-4-14(13)11-15/h6-7,11,16H,1-5,8-10,12,19H2,(H,20,22). The fourth-order valence-electron chi connectivity index (χ4n) is 3.60. The molecular weight excluding hydrogens is 290 g/mol. The number of aryl methyl sites for hydroxylation is 2. The molecule has 0 radical (unpaired) electrons. The lowest BCUT2D eigenvalue weighted by atomic mass is 9.96. The number of piperidine rings is 1. The zero-order chi connectivity index (χ0) is 16.2. The molecule has 1 aliphatic carbocycles. The normalized spacial score (nSPS) is 20.2. The Kier molecular flexibility index (Phi) is 4.96. The number of hydrogen-bond donors (Lipinski definition) is 2. The van der Waals surface area contributed by atoms with Gasteiger partial charge in [-0.2, -0.15) is 0 Å². The van der Waals surface area contributed by atoms with Gasteiger partial charge in [-0.15, -0.1) is 0 Å². The van der Waals surface area contributed by atoms with Crippen LogP contribution in [0.15, 0.2) is 18.2 Å². The first kappa shape index (κ1) is 16.0. The molecular formula is C18H25N3O2. The molecule has 124 valence electrons. The zero-order valence-corrected chi connectivity index (χ0v) is 13.5. The number of carbonyl (C=O) groups is 2. The summed E-state index contributed by atoms with van der Waals surface area (Å²) in [5.41, 5.74) is 8.87. The third-order valence-electron chi connectivity index (χ3n) is 4.87. The lowest BCUT2D eigenvalue weighted by Gasteiger charge is -2.32. The zero-order valence-electron chi connectivity index (χ0n) is 13.5. The fourth-order valence-corrected chi connectivity index (χ4v) is 3.60. The van der Waals surface area contributed by atoms with Crippen molar-refractivity contribution in [2.75, 3.05) is 26.2 Å². The van der Waals surface area contributed by atoms with E-state index in [9.17, 15) is 9.59 Å². The average Bonchev–Trinajstić information content (AvgIpc) is 3.06. The van der Waals surface area contributed by atoms with Crippen molar-refractivity contribution in [3.8, 4) is 0 Å². The van der Waals surface area contributed by atoms with E-state index < -0.39 is 0 Å². The summed E-state index contributed by atoms with van der Waals surface area (Å²) >= 11 is 0. The van der Waals surface area contributed by atoms with Gasteiger partial charge in [-0.1, -0.05) is 6.07 Å². The molecule has 1 heterocycles. The predicted octanol–water partition coefficient (Wildman–Crippen LogP) is 1.10. The van der Waals surface area contributed by atoms with Crippen molar-refractivity contribution in [2.24, 2.45) is 11.7 Å². The van der Waals surface area contributed by atoms with Crippen LogP contribution in [0.3, 0.4) is 0 Å². The van der Waals surface area contributed by atoms with Crippen molar-refractivity contribution in [2.45, 2.75) is 32.1 Å². The van der Waals surface area contributed by atoms with E-state index in [1.807, 2.05) is 17.0 Å². The van der Waals surface area contributed by atoms with Crippen molar-refractivity contribution in [3.05, 3.63) is 34.9 Å². The number of fused-ring (bicyclic) bond motifs is 1. The van der Waals surface area contributed by atoms with Gasteiger partial charge in [-0.25, -0.2) is 0 Å². The Hall–Kier alpha value is -1.88. The SMILES string of the molecule is NCCNC(=O)C1CCCN(C(=O)c2ccc3c(c2)CCC3)C1. The Morgan fingerprint density at radius 2 is 2.04 bits per heavy atom. The van der Waals surface area contributed by atoms with E-state index in [1.165, 1.54) is 17.5 Å². The van der Waals surface area contributed by atoms with Crippen LogP contribution in [0, 0.1) is 5.92 Å². The molecule has 1 fully saturated rings. The molecule has 0 bridgehead atoms. The van der Waals surface area contributed by atoms with Gasteiger partial charge in [0.2, 0.25) is 5.91 Å². The van der Waals surface area contributed by atoms with Crippen LogP contribution < -0.4 is 11.1 Å². The molecule has 0 aromatic heterocycles. The van der Waals surface area contributed by atoms with Crippen LogP contribution in [0.1, 0.15) is 40.7 Å². The maximum absolute atomic E-state index is 12.8. The topological polar surface area (TPSA) is 75.4 Å². The number of likely N-dealkylation sites (tertiary alicyclic amines) is 1. The van der Waals surface area contributed by atoms with E-state index in [1.54, 1.807) is 0 Å². The minimum absolute atomic E-state index is 0.0157. The van der Waals surface area contributed by atoms with Gasteiger partial charge in [-0.3, -0.25) is 9.59 Å². The van der Waals surface area contributed by atoms with Crippen molar-refractivity contribution in [1.29, 1.82) is 0 Å². The Morgan fingerprint density at radius 3 is 2.87 bits per heavy atom. The lowest BCUT2D eigenvalue weighted by molar-refractivity contribution is -0.126. The highest BCUT2D eigenvalue weighted by molar-refractivity contribution is 5.95. The molecule has 1 aromatic rings. The maximum Gasteiger partial charge on any atom is 0.253 e. The second kappa shape index (κ2) is 7.13. The second-order valence-electron chi connectivity index (χ2n) is 6.51. The van der Waals surface area contributed by atoms with Gasteiger partial charge in [0, 0.05) is 31.7 Å². The molecule has 1 saturated heterocycles. The number of amides is 2. The second-order valence-corrected chi connectivity index (χ2v) is 6.51. The monoisotopic (exact) mass is 315 g/mol. The van der Waals surface area contributed by atoms with Crippen LogP contribution in [0.2, 0.25) is 0 Å². The number of hydrogen-bond acceptors (Lipinski definition) is 3. The van der Waals surface area contributed by atoms with Crippen molar-refractivity contribution in [3.63, 3.8) is 0 Å². The number of nitrogens with two attached hydrogens (primary N) is 1. The summed E-state index contributed by atoms with van der Waals surface area (Å²) in [4.78, 5) is 26.7. The summed E-state index contributed by atoms with van der Waals surface area (Å²) in [6.07, 6.45) is 5.08. The molecule has 2 amide bonds. The van der Waals surface area contributed by atoms with E-state index in [0.717, 1.165) is 37.8 Å². The number of rotatable bonds is 4. The van der Waals surface area contributed by atoms with E-state index >= 15 is 0 Å². The number of nitrogens with zero attached hydrogens (tertiary/aromatic N) is 1. The van der Waals surface area contributed by atoms with Crippen molar-refractivity contribution < 1.29 is 9.59 Å². The van der Waals surface area contributed by atoms with Gasteiger partial charge in [0.05, 0.1) is 5.92 Å². The van der Waals surface area contributed by atoms with Crippen LogP contribution in [-0.2, 0) is 17.6 Å². The van der Waals surface area contributed by atoms with Crippen LogP contribution in [0.5, 0.6) is 0 Å². The molecule has 1 aromatic carbocycles. The third-order valence-corrected chi connectivity index (χ3v) is 4.87. The first-order valence-corrected chi connectivity index (χ1v) is 8.58. The molecule has 0 saturated carbocycles. The Bertz CT molecular complexity index is 600. The van der Waals surface area contributed by atoms with Gasteiger partial charge in [0.1, 0.15) is 0 Å². The van der Waals surface area contributed by atoms with Gasteiger partial charge in [-0.05, 0) is 55.4 Å². The number of benzene rings is 1. The Labute approximate surface area is 137 Å². The molecule has 3 rings (SSSR count). The predicted molar refractivity (Wildman–Crippen MR) is 89.2 cm³/mol. The highest BCUT2D eigenvalue weighted by atomic mass is 16.2. The summed E-state index contributed by atoms with van der Waals surface area (Å²) in [5.74, 6) is -0.0494. The summed E-state index contributed by atoms with van der Waals surface area (Å²) in [6.45, 7) is 2.17. The molecule has 23 heavy (non-hydrogen) atoms. The summed E-state index contributed by atoms with van der Waals surface area (Å²) in [5, 5.41) is 2.83. The Balaban J connectivity index is 1.66. The molecule has 1 unspecified atom stereocenters. The smallest absolute Gasteiger partial charge is 0.253 e.